The van der Waals surface area contributed by atoms with Gasteiger partial charge in [-0.15, -0.1) is 0 Å². The number of carbonyl (C=O) groups is 1. The molecule has 1 aromatic heterocycles. The largest absolute Gasteiger partial charge is 0.486 e. The highest BCUT2D eigenvalue weighted by Crippen LogP contribution is 2.31. The highest BCUT2D eigenvalue weighted by molar-refractivity contribution is 5.75. The number of ether oxygens (including phenoxy) is 2. The Bertz CT molecular complexity index is 726. The zero-order chi connectivity index (χ0) is 17.6. The van der Waals surface area contributed by atoms with Crippen molar-refractivity contribution >= 4 is 5.91 Å². The van der Waals surface area contributed by atoms with Crippen molar-refractivity contribution in [2.45, 2.75) is 45.8 Å². The van der Waals surface area contributed by atoms with E-state index in [0.29, 0.717) is 19.6 Å². The Balaban J connectivity index is 1.32. The summed E-state index contributed by atoms with van der Waals surface area (Å²) in [6, 6.07) is 9.70. The Morgan fingerprint density at radius 1 is 1.32 bits per heavy atom. The molecule has 0 bridgehead atoms. The van der Waals surface area contributed by atoms with Crippen molar-refractivity contribution in [3.8, 4) is 11.5 Å². The lowest BCUT2D eigenvalue weighted by molar-refractivity contribution is -0.121. The third kappa shape index (κ3) is 4.75. The molecule has 1 N–H and O–H groups in total. The second kappa shape index (κ2) is 8.05. The van der Waals surface area contributed by atoms with Crippen molar-refractivity contribution in [3.05, 3.63) is 41.7 Å². The molecule has 1 aliphatic heterocycles. The maximum absolute atomic E-state index is 12.0. The van der Waals surface area contributed by atoms with E-state index in [4.69, 9.17) is 9.47 Å². The first-order valence-electron chi connectivity index (χ1n) is 8.78. The lowest BCUT2D eigenvalue weighted by atomic mass is 10.2. The van der Waals surface area contributed by atoms with E-state index in [-0.39, 0.29) is 12.0 Å². The highest BCUT2D eigenvalue weighted by Gasteiger charge is 2.20. The second-order valence-corrected chi connectivity index (χ2v) is 6.39. The van der Waals surface area contributed by atoms with Crippen LogP contribution in [0.25, 0.3) is 0 Å². The monoisotopic (exact) mass is 343 g/mol. The van der Waals surface area contributed by atoms with Gasteiger partial charge in [0.25, 0.3) is 0 Å². The Morgan fingerprint density at radius 2 is 2.12 bits per heavy atom. The van der Waals surface area contributed by atoms with Gasteiger partial charge in [0.1, 0.15) is 12.7 Å². The zero-order valence-corrected chi connectivity index (χ0v) is 14.8. The van der Waals surface area contributed by atoms with Crippen molar-refractivity contribution in [3.63, 3.8) is 0 Å². The van der Waals surface area contributed by atoms with Gasteiger partial charge < -0.3 is 14.8 Å². The summed E-state index contributed by atoms with van der Waals surface area (Å²) < 4.78 is 13.5. The van der Waals surface area contributed by atoms with Gasteiger partial charge in [0.2, 0.25) is 5.91 Å². The minimum Gasteiger partial charge on any atom is -0.486 e. The van der Waals surface area contributed by atoms with Crippen LogP contribution in [0.1, 0.15) is 30.7 Å². The maximum atomic E-state index is 12.0. The van der Waals surface area contributed by atoms with Crippen molar-refractivity contribution in [2.75, 3.05) is 13.2 Å². The molecule has 2 heterocycles. The fraction of sp³-hybridized carbons (Fsp3) is 0.474. The molecule has 1 aliphatic rings. The summed E-state index contributed by atoms with van der Waals surface area (Å²) in [7, 11) is 0. The lowest BCUT2D eigenvalue weighted by Crippen LogP contribution is -2.34. The molecule has 3 rings (SSSR count). The van der Waals surface area contributed by atoms with Gasteiger partial charge in [-0.1, -0.05) is 12.1 Å². The van der Waals surface area contributed by atoms with E-state index in [1.165, 1.54) is 0 Å². The Kier molecular flexibility index (Phi) is 5.58. The van der Waals surface area contributed by atoms with Crippen LogP contribution in [0.2, 0.25) is 0 Å². The van der Waals surface area contributed by atoms with Crippen molar-refractivity contribution in [1.29, 1.82) is 0 Å². The third-order valence-electron chi connectivity index (χ3n) is 4.23. The van der Waals surface area contributed by atoms with Gasteiger partial charge in [0, 0.05) is 31.6 Å². The molecule has 0 saturated heterocycles. The second-order valence-electron chi connectivity index (χ2n) is 6.39. The van der Waals surface area contributed by atoms with E-state index in [1.807, 2.05) is 48.9 Å². The van der Waals surface area contributed by atoms with Crippen molar-refractivity contribution in [2.24, 2.45) is 0 Å². The van der Waals surface area contributed by atoms with Gasteiger partial charge in [-0.3, -0.25) is 9.48 Å². The molecule has 25 heavy (non-hydrogen) atoms. The van der Waals surface area contributed by atoms with Gasteiger partial charge in [0.15, 0.2) is 11.5 Å². The number of para-hydroxylation sites is 2. The minimum absolute atomic E-state index is 0.0232. The molecular weight excluding hydrogens is 318 g/mol. The van der Waals surface area contributed by atoms with Crippen LogP contribution in [0, 0.1) is 13.8 Å². The topological polar surface area (TPSA) is 65.4 Å². The fourth-order valence-electron chi connectivity index (χ4n) is 2.96. The van der Waals surface area contributed by atoms with Crippen LogP contribution in [-0.4, -0.2) is 34.9 Å². The molecule has 0 radical (unpaired) electrons. The van der Waals surface area contributed by atoms with Crippen LogP contribution in [0.15, 0.2) is 30.3 Å². The SMILES string of the molecule is Cc1cc(C)n(CCCC(=O)NCC[C@H]2COc3ccccc3O2)n1. The maximum Gasteiger partial charge on any atom is 0.220 e. The van der Waals surface area contributed by atoms with E-state index >= 15 is 0 Å². The molecule has 0 spiro atoms. The van der Waals surface area contributed by atoms with E-state index in [0.717, 1.165) is 42.3 Å². The molecule has 1 atom stereocenters. The molecule has 1 amide bonds. The van der Waals surface area contributed by atoms with E-state index in [2.05, 4.69) is 10.4 Å². The molecule has 6 nitrogen and oxygen atoms in total. The number of amides is 1. The summed E-state index contributed by atoms with van der Waals surface area (Å²) in [6.07, 6.45) is 2.00. The number of benzene rings is 1. The van der Waals surface area contributed by atoms with Gasteiger partial charge in [-0.25, -0.2) is 0 Å². The Morgan fingerprint density at radius 3 is 2.88 bits per heavy atom. The fourth-order valence-corrected chi connectivity index (χ4v) is 2.96. The summed E-state index contributed by atoms with van der Waals surface area (Å²) in [5.41, 5.74) is 2.14. The Hall–Kier alpha value is -2.50. The summed E-state index contributed by atoms with van der Waals surface area (Å²) in [6.45, 7) is 5.89. The number of hydrogen-bond donors (Lipinski definition) is 1. The molecular formula is C19H25N3O3. The molecule has 0 fully saturated rings. The third-order valence-corrected chi connectivity index (χ3v) is 4.23. The van der Waals surface area contributed by atoms with Crippen LogP contribution in [0.5, 0.6) is 11.5 Å². The van der Waals surface area contributed by atoms with Crippen LogP contribution in [0.4, 0.5) is 0 Å². The number of aromatic nitrogens is 2. The van der Waals surface area contributed by atoms with E-state index in [9.17, 15) is 4.79 Å². The molecule has 1 aromatic carbocycles. The van der Waals surface area contributed by atoms with E-state index < -0.39 is 0 Å². The molecule has 0 unspecified atom stereocenters. The normalized spacial score (nSPS) is 15.8. The van der Waals surface area contributed by atoms with Crippen LogP contribution in [-0.2, 0) is 11.3 Å². The number of aryl methyl sites for hydroxylation is 3. The molecule has 0 saturated carbocycles. The summed E-state index contributed by atoms with van der Waals surface area (Å²) in [4.78, 5) is 12.0. The van der Waals surface area contributed by atoms with Crippen LogP contribution in [0.3, 0.4) is 0 Å². The zero-order valence-electron chi connectivity index (χ0n) is 14.8. The number of nitrogens with zero attached hydrogens (tertiary/aromatic N) is 2. The van der Waals surface area contributed by atoms with Gasteiger partial charge in [-0.05, 0) is 38.5 Å². The first-order valence-corrected chi connectivity index (χ1v) is 8.78. The van der Waals surface area contributed by atoms with Crippen LogP contribution < -0.4 is 14.8 Å². The average Bonchev–Trinajstić information content (AvgIpc) is 2.92. The number of rotatable bonds is 7. The predicted molar refractivity (Wildman–Crippen MR) is 94.9 cm³/mol. The average molecular weight is 343 g/mol. The van der Waals surface area contributed by atoms with Gasteiger partial charge in [0.05, 0.1) is 5.69 Å². The molecule has 6 heteroatoms. The number of nitrogens with one attached hydrogen (secondary N) is 1. The quantitative estimate of drug-likeness (QED) is 0.839. The standard InChI is InChI=1S/C19H25N3O3/c1-14-12-15(2)22(21-14)11-5-8-19(23)20-10-9-16-13-24-17-6-3-4-7-18(17)25-16/h3-4,6-7,12,16H,5,8-11,13H2,1-2H3,(H,20,23)/t16-/m0/s1. The number of hydrogen-bond acceptors (Lipinski definition) is 4. The van der Waals surface area contributed by atoms with Crippen molar-refractivity contribution in [1.82, 2.24) is 15.1 Å². The smallest absolute Gasteiger partial charge is 0.220 e. The Labute approximate surface area is 148 Å². The van der Waals surface area contributed by atoms with E-state index in [1.54, 1.807) is 0 Å². The summed E-state index contributed by atoms with van der Waals surface area (Å²) in [5, 5.41) is 7.36. The minimum atomic E-state index is -0.0232. The van der Waals surface area contributed by atoms with Gasteiger partial charge >= 0.3 is 0 Å². The first-order chi connectivity index (χ1) is 12.1. The summed E-state index contributed by atoms with van der Waals surface area (Å²) in [5.74, 6) is 1.63. The molecule has 2 aromatic rings. The molecule has 0 aliphatic carbocycles. The highest BCUT2D eigenvalue weighted by atomic mass is 16.6. The predicted octanol–water partition coefficient (Wildman–Crippen LogP) is 2.63. The number of fused-ring (bicyclic) bond motifs is 1. The summed E-state index contributed by atoms with van der Waals surface area (Å²) >= 11 is 0. The molecule has 134 valence electrons. The van der Waals surface area contributed by atoms with Crippen molar-refractivity contribution < 1.29 is 14.3 Å². The van der Waals surface area contributed by atoms with Gasteiger partial charge in [-0.2, -0.15) is 5.10 Å². The number of carbonyl (C=O) groups excluding carboxylic acids is 1. The first kappa shape index (κ1) is 17.3. The lowest BCUT2D eigenvalue weighted by Gasteiger charge is -2.26. The van der Waals surface area contributed by atoms with Crippen LogP contribution >= 0.6 is 0 Å².